The van der Waals surface area contributed by atoms with Crippen LogP contribution in [0.5, 0.6) is 0 Å². The number of aliphatic hydroxyl groups excluding tert-OH is 2. The van der Waals surface area contributed by atoms with Crippen LogP contribution in [-0.2, 0) is 28.5 Å². The molecular weight excluding hydrogens is 516 g/mol. The maximum Gasteiger partial charge on any atom is 0.309 e. The highest BCUT2D eigenvalue weighted by molar-refractivity contribution is 5.70. The summed E-state index contributed by atoms with van der Waals surface area (Å²) in [5.74, 6) is -1.39. The first-order chi connectivity index (χ1) is 18.7. The second-order valence-electron chi connectivity index (χ2n) is 11.7. The third-order valence-corrected chi connectivity index (χ3v) is 8.09. The number of epoxide rings is 1. The lowest BCUT2D eigenvalue weighted by Crippen LogP contribution is -2.42. The summed E-state index contributed by atoms with van der Waals surface area (Å²) >= 11 is 0. The van der Waals surface area contributed by atoms with Crippen LogP contribution in [-0.4, -0.2) is 82.7 Å². The van der Waals surface area contributed by atoms with E-state index in [-0.39, 0.29) is 55.3 Å². The maximum absolute atomic E-state index is 12.6. The molecular formula is C31H50O9. The number of carbonyl (C=O) groups is 2. The molecule has 9 heteroatoms. The van der Waals surface area contributed by atoms with Crippen LogP contribution >= 0.6 is 0 Å². The third-order valence-electron chi connectivity index (χ3n) is 8.09. The van der Waals surface area contributed by atoms with Crippen LogP contribution in [0, 0.1) is 17.8 Å². The molecule has 0 aliphatic carbocycles. The van der Waals surface area contributed by atoms with Gasteiger partial charge in [-0.2, -0.15) is 0 Å². The topological polar surface area (TPSA) is 135 Å². The van der Waals surface area contributed by atoms with Crippen molar-refractivity contribution in [3.63, 3.8) is 0 Å². The average molecular weight is 567 g/mol. The molecule has 0 spiro atoms. The first kappa shape index (κ1) is 34.2. The largest absolute Gasteiger partial charge is 0.457 e. The Hall–Kier alpha value is -2.04. The molecule has 1 fully saturated rings. The second-order valence-corrected chi connectivity index (χ2v) is 11.7. The highest BCUT2D eigenvalue weighted by Crippen LogP contribution is 2.37. The lowest BCUT2D eigenvalue weighted by molar-refractivity contribution is -0.157. The minimum atomic E-state index is -1.42. The van der Waals surface area contributed by atoms with Gasteiger partial charge in [-0.15, -0.1) is 0 Å². The molecule has 2 rings (SSSR count). The van der Waals surface area contributed by atoms with Crippen molar-refractivity contribution < 1.29 is 43.9 Å². The fourth-order valence-corrected chi connectivity index (χ4v) is 5.32. The van der Waals surface area contributed by atoms with Crippen LogP contribution in [0.3, 0.4) is 0 Å². The van der Waals surface area contributed by atoms with Crippen molar-refractivity contribution in [2.45, 2.75) is 122 Å². The quantitative estimate of drug-likeness (QED) is 0.157. The Morgan fingerprint density at radius 3 is 2.52 bits per heavy atom. The van der Waals surface area contributed by atoms with E-state index >= 15 is 0 Å². The van der Waals surface area contributed by atoms with Crippen LogP contribution in [0.15, 0.2) is 36.0 Å². The first-order valence-electron chi connectivity index (χ1n) is 14.4. The van der Waals surface area contributed by atoms with Crippen molar-refractivity contribution in [1.82, 2.24) is 0 Å². The van der Waals surface area contributed by atoms with Crippen molar-refractivity contribution in [2.24, 2.45) is 17.8 Å². The van der Waals surface area contributed by atoms with Gasteiger partial charge >= 0.3 is 11.9 Å². The van der Waals surface area contributed by atoms with E-state index in [0.717, 1.165) is 12.0 Å². The molecule has 1 saturated heterocycles. The van der Waals surface area contributed by atoms with Crippen molar-refractivity contribution in [1.29, 1.82) is 0 Å². The Morgan fingerprint density at radius 1 is 1.25 bits per heavy atom. The fraction of sp³-hybridized carbons (Fsp3) is 0.742. The molecule has 2 heterocycles. The monoisotopic (exact) mass is 566 g/mol. The standard InChI is InChI=1S/C31H50O9/c1-9-24(37-8)21(5)29-30(40-29)27(35)18(2)11-10-12-19(3)28-20(4)13-14-25(38-22(6)32)31(7,36)16-15-23(33)17-26(34)39-28/h10-14,18,20-21,23-25,27-30,33,35-36H,9,15-17H2,1-8H3/b11-10+,14-13+,19-12+/t18-,20-,21+,23+,24-,25-,27+,28+,29+,30+,31+/m0/s1. The summed E-state index contributed by atoms with van der Waals surface area (Å²) in [5, 5.41) is 32.2. The van der Waals surface area contributed by atoms with E-state index in [1.54, 1.807) is 26.2 Å². The Labute approximate surface area is 239 Å². The summed E-state index contributed by atoms with van der Waals surface area (Å²) in [6, 6.07) is 0. The van der Waals surface area contributed by atoms with Gasteiger partial charge in [0.05, 0.1) is 30.8 Å². The number of hydrogen-bond donors (Lipinski definition) is 3. The molecule has 0 aromatic carbocycles. The van der Waals surface area contributed by atoms with E-state index < -0.39 is 42.0 Å². The van der Waals surface area contributed by atoms with E-state index in [1.807, 2.05) is 39.0 Å². The Kier molecular flexibility index (Phi) is 13.0. The molecule has 40 heavy (non-hydrogen) atoms. The Balaban J connectivity index is 2.16. The van der Waals surface area contributed by atoms with Gasteiger partial charge < -0.3 is 34.3 Å². The number of esters is 2. The summed E-state index contributed by atoms with van der Waals surface area (Å²) in [4.78, 5) is 24.3. The molecule has 228 valence electrons. The number of methoxy groups -OCH3 is 1. The number of aliphatic hydroxyl groups is 3. The zero-order chi connectivity index (χ0) is 30.2. The second kappa shape index (κ2) is 15.3. The predicted molar refractivity (Wildman–Crippen MR) is 151 cm³/mol. The molecule has 2 aliphatic rings. The molecule has 0 saturated carbocycles. The molecule has 0 radical (unpaired) electrons. The SMILES string of the molecule is CC[C@H](OC)[C@@H](C)[C@H]1O[C@@H]1[C@H](O)[C@@H](C)/C=C/C=C(\C)[C@H]1OC(=O)C[C@H](O)CC[C@@](C)(O)[C@@H](OC(C)=O)/C=C/[C@@H]1C. The van der Waals surface area contributed by atoms with E-state index in [9.17, 15) is 24.9 Å². The molecule has 0 amide bonds. The Bertz CT molecular complexity index is 920. The number of carbonyl (C=O) groups excluding carboxylic acids is 2. The highest BCUT2D eigenvalue weighted by Gasteiger charge is 2.50. The van der Waals surface area contributed by atoms with Crippen molar-refractivity contribution in [3.8, 4) is 0 Å². The lowest BCUT2D eigenvalue weighted by atomic mass is 9.88. The minimum absolute atomic E-state index is 0.0387. The zero-order valence-corrected chi connectivity index (χ0v) is 25.3. The number of rotatable bonds is 10. The van der Waals surface area contributed by atoms with Crippen molar-refractivity contribution in [2.75, 3.05) is 7.11 Å². The number of cyclic esters (lactones) is 1. The molecule has 0 aromatic heterocycles. The summed E-state index contributed by atoms with van der Waals surface area (Å²) in [5.41, 5.74) is -0.666. The van der Waals surface area contributed by atoms with Crippen LogP contribution in [0.25, 0.3) is 0 Å². The number of allylic oxidation sites excluding steroid dienone is 2. The van der Waals surface area contributed by atoms with Gasteiger partial charge in [-0.25, -0.2) is 0 Å². The normalized spacial score (nSPS) is 36.0. The van der Waals surface area contributed by atoms with Gasteiger partial charge in [-0.3, -0.25) is 9.59 Å². The molecule has 2 aliphatic heterocycles. The van der Waals surface area contributed by atoms with Gasteiger partial charge in [0.1, 0.15) is 23.9 Å². The molecule has 3 N–H and O–H groups in total. The zero-order valence-electron chi connectivity index (χ0n) is 25.3. The lowest BCUT2D eigenvalue weighted by Gasteiger charge is -2.32. The number of hydrogen-bond acceptors (Lipinski definition) is 9. The van der Waals surface area contributed by atoms with Gasteiger partial charge in [0, 0.05) is 31.8 Å². The van der Waals surface area contributed by atoms with Gasteiger partial charge in [0.15, 0.2) is 0 Å². The van der Waals surface area contributed by atoms with Crippen LogP contribution < -0.4 is 0 Å². The van der Waals surface area contributed by atoms with E-state index in [2.05, 4.69) is 13.8 Å². The minimum Gasteiger partial charge on any atom is -0.457 e. The van der Waals surface area contributed by atoms with Crippen LogP contribution in [0.4, 0.5) is 0 Å². The fourth-order valence-electron chi connectivity index (χ4n) is 5.32. The average Bonchev–Trinajstić information content (AvgIpc) is 3.68. The van der Waals surface area contributed by atoms with Crippen molar-refractivity contribution >= 4 is 11.9 Å². The highest BCUT2D eigenvalue weighted by atomic mass is 16.6. The van der Waals surface area contributed by atoms with Gasteiger partial charge in [0.25, 0.3) is 0 Å². The van der Waals surface area contributed by atoms with Crippen LogP contribution in [0.1, 0.15) is 74.1 Å². The Morgan fingerprint density at radius 2 is 1.93 bits per heavy atom. The summed E-state index contributed by atoms with van der Waals surface area (Å²) < 4.78 is 22.5. The third kappa shape index (κ3) is 9.80. The summed E-state index contributed by atoms with van der Waals surface area (Å²) in [7, 11) is 1.69. The molecule has 11 atom stereocenters. The predicted octanol–water partition coefficient (Wildman–Crippen LogP) is 3.65. The van der Waals surface area contributed by atoms with Crippen LogP contribution in [0.2, 0.25) is 0 Å². The maximum atomic E-state index is 12.6. The molecule has 0 bridgehead atoms. The van der Waals surface area contributed by atoms with E-state index in [1.165, 1.54) is 6.92 Å². The van der Waals surface area contributed by atoms with E-state index in [0.29, 0.717) is 0 Å². The molecule has 0 aromatic rings. The van der Waals surface area contributed by atoms with E-state index in [4.69, 9.17) is 18.9 Å². The smallest absolute Gasteiger partial charge is 0.309 e. The molecule has 0 unspecified atom stereocenters. The van der Waals surface area contributed by atoms with Gasteiger partial charge in [0.2, 0.25) is 0 Å². The van der Waals surface area contributed by atoms with Gasteiger partial charge in [-0.05, 0) is 44.8 Å². The summed E-state index contributed by atoms with van der Waals surface area (Å²) in [6.45, 7) is 12.6. The van der Waals surface area contributed by atoms with Gasteiger partial charge in [-0.1, -0.05) is 52.0 Å². The van der Waals surface area contributed by atoms with Crippen molar-refractivity contribution in [3.05, 3.63) is 36.0 Å². The summed E-state index contributed by atoms with van der Waals surface area (Å²) in [6.07, 6.45) is 6.42. The number of ether oxygens (including phenoxy) is 4. The molecule has 9 nitrogen and oxygen atoms in total. The first-order valence-corrected chi connectivity index (χ1v) is 14.4.